The van der Waals surface area contributed by atoms with Crippen molar-refractivity contribution in [2.24, 2.45) is 5.73 Å². The third kappa shape index (κ3) is 3.85. The van der Waals surface area contributed by atoms with Gasteiger partial charge < -0.3 is 5.73 Å². The van der Waals surface area contributed by atoms with E-state index in [-0.39, 0.29) is 21.0 Å². The van der Waals surface area contributed by atoms with Crippen molar-refractivity contribution < 1.29 is 13.2 Å². The minimum Gasteiger partial charge on any atom is -0.366 e. The summed E-state index contributed by atoms with van der Waals surface area (Å²) in [5.41, 5.74) is 7.12. The normalized spacial score (nSPS) is 11.5. The molecule has 30 heavy (non-hydrogen) atoms. The largest absolute Gasteiger partial charge is 0.366 e. The molecule has 0 spiro atoms. The number of nitrogens with zero attached hydrogens (tertiary/aromatic N) is 1. The number of carbonyl (C=O) groups is 1. The van der Waals surface area contributed by atoms with Gasteiger partial charge in [-0.1, -0.05) is 53.8 Å². The van der Waals surface area contributed by atoms with Crippen molar-refractivity contribution in [3.63, 3.8) is 0 Å². The van der Waals surface area contributed by atoms with Crippen molar-refractivity contribution >= 4 is 43.2 Å². The van der Waals surface area contributed by atoms with E-state index in [9.17, 15) is 18.0 Å². The topological polar surface area (TPSA) is 111 Å². The van der Waals surface area contributed by atoms with Gasteiger partial charge in [-0.2, -0.15) is 0 Å². The fraction of sp³-hybridized carbons (Fsp3) is 0.0476. The van der Waals surface area contributed by atoms with Crippen LogP contribution in [0.2, 0.25) is 0 Å². The molecule has 0 aliphatic rings. The van der Waals surface area contributed by atoms with Crippen LogP contribution in [0.15, 0.2) is 82.5 Å². The zero-order valence-corrected chi connectivity index (χ0v) is 17.2. The maximum atomic E-state index is 12.9. The predicted octanol–water partition coefficient (Wildman–Crippen LogP) is 3.01. The Morgan fingerprint density at radius 2 is 1.70 bits per heavy atom. The van der Waals surface area contributed by atoms with E-state index in [4.69, 9.17) is 5.73 Å². The summed E-state index contributed by atoms with van der Waals surface area (Å²) in [6, 6.07) is 20.2. The first-order valence-electron chi connectivity index (χ1n) is 8.94. The fourth-order valence-corrected chi connectivity index (χ4v) is 5.23. The van der Waals surface area contributed by atoms with E-state index in [1.807, 2.05) is 30.3 Å². The molecule has 0 bridgehead atoms. The van der Waals surface area contributed by atoms with Gasteiger partial charge in [0, 0.05) is 0 Å². The van der Waals surface area contributed by atoms with Crippen molar-refractivity contribution in [1.82, 2.24) is 4.57 Å². The smallest absolute Gasteiger partial charge is 0.308 e. The van der Waals surface area contributed by atoms with Gasteiger partial charge in [0.25, 0.3) is 15.9 Å². The molecule has 0 radical (unpaired) electrons. The summed E-state index contributed by atoms with van der Waals surface area (Å²) in [6.45, 7) is 0.399. The van der Waals surface area contributed by atoms with Crippen LogP contribution >= 0.6 is 11.3 Å². The first-order valence-corrected chi connectivity index (χ1v) is 11.2. The summed E-state index contributed by atoms with van der Waals surface area (Å²) in [7, 11) is -3.99. The number of primary amides is 1. The molecular formula is C21H17N3O4S2. The van der Waals surface area contributed by atoms with Crippen LogP contribution in [0.25, 0.3) is 10.2 Å². The highest BCUT2D eigenvalue weighted by Gasteiger charge is 2.19. The quantitative estimate of drug-likeness (QED) is 0.481. The van der Waals surface area contributed by atoms with Gasteiger partial charge >= 0.3 is 4.87 Å². The Morgan fingerprint density at radius 3 is 2.43 bits per heavy atom. The Morgan fingerprint density at radius 1 is 1.00 bits per heavy atom. The second kappa shape index (κ2) is 7.77. The lowest BCUT2D eigenvalue weighted by Crippen LogP contribution is -2.18. The minimum atomic E-state index is -3.99. The van der Waals surface area contributed by atoms with Crippen molar-refractivity contribution in [3.05, 3.63) is 93.6 Å². The van der Waals surface area contributed by atoms with Crippen molar-refractivity contribution in [2.75, 3.05) is 4.72 Å². The SMILES string of the molecule is NC(=O)c1ccccc1NS(=O)(=O)c1ccc2c(c1)sc(=O)n2Cc1ccccc1. The summed E-state index contributed by atoms with van der Waals surface area (Å²) >= 11 is 0.984. The summed E-state index contributed by atoms with van der Waals surface area (Å²) < 4.78 is 30.3. The number of benzene rings is 3. The number of anilines is 1. The third-order valence-electron chi connectivity index (χ3n) is 4.57. The molecule has 0 fully saturated rings. The van der Waals surface area contributed by atoms with E-state index < -0.39 is 15.9 Å². The van der Waals surface area contributed by atoms with Gasteiger partial charge in [-0.15, -0.1) is 0 Å². The average Bonchev–Trinajstić information content (AvgIpc) is 3.03. The number of hydrogen-bond acceptors (Lipinski definition) is 5. The Kier molecular flexibility index (Phi) is 5.15. The molecule has 4 rings (SSSR count). The van der Waals surface area contributed by atoms with E-state index in [2.05, 4.69) is 4.72 Å². The average molecular weight is 440 g/mol. The number of amides is 1. The molecule has 0 atom stereocenters. The number of para-hydroxylation sites is 1. The van der Waals surface area contributed by atoms with Crippen LogP contribution in [0.1, 0.15) is 15.9 Å². The standard InChI is InChI=1S/C21H17N3O4S2/c22-20(25)16-8-4-5-9-17(16)23-30(27,28)15-10-11-18-19(12-15)29-21(26)24(18)13-14-6-2-1-3-7-14/h1-12,23H,13H2,(H2,22,25). The summed E-state index contributed by atoms with van der Waals surface area (Å²) in [4.78, 5) is 23.9. The van der Waals surface area contributed by atoms with E-state index in [1.165, 1.54) is 24.3 Å². The molecule has 1 heterocycles. The van der Waals surface area contributed by atoms with Gasteiger partial charge in [-0.25, -0.2) is 8.42 Å². The molecule has 4 aromatic rings. The highest BCUT2D eigenvalue weighted by molar-refractivity contribution is 7.92. The maximum Gasteiger partial charge on any atom is 0.308 e. The molecule has 0 unspecified atom stereocenters. The highest BCUT2D eigenvalue weighted by atomic mass is 32.2. The lowest BCUT2D eigenvalue weighted by atomic mass is 10.2. The molecule has 3 N–H and O–H groups in total. The predicted molar refractivity (Wildman–Crippen MR) is 117 cm³/mol. The number of fused-ring (bicyclic) bond motifs is 1. The van der Waals surface area contributed by atoms with Gasteiger partial charge in [0.05, 0.1) is 32.9 Å². The molecule has 0 aliphatic heterocycles. The van der Waals surface area contributed by atoms with E-state index in [0.29, 0.717) is 16.8 Å². The molecule has 3 aromatic carbocycles. The van der Waals surface area contributed by atoms with Gasteiger partial charge in [-0.05, 0) is 35.9 Å². The number of sulfonamides is 1. The Balaban J connectivity index is 1.70. The summed E-state index contributed by atoms with van der Waals surface area (Å²) in [6.07, 6.45) is 0. The number of carbonyl (C=O) groups excluding carboxylic acids is 1. The fourth-order valence-electron chi connectivity index (χ4n) is 3.12. The van der Waals surface area contributed by atoms with Crippen LogP contribution in [0.3, 0.4) is 0 Å². The van der Waals surface area contributed by atoms with E-state index in [0.717, 1.165) is 16.9 Å². The van der Waals surface area contributed by atoms with Crippen LogP contribution < -0.4 is 15.3 Å². The molecule has 9 heteroatoms. The molecule has 7 nitrogen and oxygen atoms in total. The number of thiazole rings is 1. The second-order valence-electron chi connectivity index (χ2n) is 6.58. The number of nitrogens with one attached hydrogen (secondary N) is 1. The minimum absolute atomic E-state index is 0.0117. The maximum absolute atomic E-state index is 12.9. The summed E-state index contributed by atoms with van der Waals surface area (Å²) in [5, 5.41) is 0. The highest BCUT2D eigenvalue weighted by Crippen LogP contribution is 2.25. The Bertz CT molecular complexity index is 1410. The lowest BCUT2D eigenvalue weighted by molar-refractivity contribution is 0.100. The Hall–Kier alpha value is -3.43. The van der Waals surface area contributed by atoms with Crippen molar-refractivity contribution in [2.45, 2.75) is 11.4 Å². The van der Waals surface area contributed by atoms with Crippen molar-refractivity contribution in [1.29, 1.82) is 0 Å². The molecule has 0 saturated carbocycles. The zero-order chi connectivity index (χ0) is 21.3. The number of rotatable bonds is 6. The molecule has 1 amide bonds. The molecule has 0 saturated heterocycles. The first kappa shape index (κ1) is 19.9. The summed E-state index contributed by atoms with van der Waals surface area (Å²) in [5.74, 6) is -0.736. The Labute approximate surface area is 176 Å². The van der Waals surface area contributed by atoms with Crippen LogP contribution in [0.5, 0.6) is 0 Å². The van der Waals surface area contributed by atoms with Gasteiger partial charge in [0.1, 0.15) is 0 Å². The second-order valence-corrected chi connectivity index (χ2v) is 9.26. The van der Waals surface area contributed by atoms with E-state index >= 15 is 0 Å². The van der Waals surface area contributed by atoms with Crippen molar-refractivity contribution in [3.8, 4) is 0 Å². The monoisotopic (exact) mass is 439 g/mol. The first-order chi connectivity index (χ1) is 14.3. The number of aromatic nitrogens is 1. The molecular weight excluding hydrogens is 422 g/mol. The number of nitrogens with two attached hydrogens (primary N) is 1. The van der Waals surface area contributed by atoms with Crippen LogP contribution in [0, 0.1) is 0 Å². The van der Waals surface area contributed by atoms with E-state index in [1.54, 1.807) is 22.8 Å². The van der Waals surface area contributed by atoms with Crippen LogP contribution in [-0.2, 0) is 16.6 Å². The molecule has 0 aliphatic carbocycles. The van der Waals surface area contributed by atoms with Crippen LogP contribution in [0.4, 0.5) is 5.69 Å². The van der Waals surface area contributed by atoms with Crippen LogP contribution in [-0.4, -0.2) is 18.9 Å². The lowest BCUT2D eigenvalue weighted by Gasteiger charge is -2.11. The molecule has 1 aromatic heterocycles. The van der Waals surface area contributed by atoms with Gasteiger partial charge in [0.2, 0.25) is 0 Å². The number of hydrogen-bond donors (Lipinski definition) is 2. The zero-order valence-electron chi connectivity index (χ0n) is 15.6. The molecule has 152 valence electrons. The van der Waals surface area contributed by atoms with Gasteiger partial charge in [-0.3, -0.25) is 18.9 Å². The van der Waals surface area contributed by atoms with Gasteiger partial charge in [0.15, 0.2) is 0 Å². The third-order valence-corrected chi connectivity index (χ3v) is 6.88.